The van der Waals surface area contributed by atoms with E-state index in [2.05, 4.69) is 82.1 Å². The van der Waals surface area contributed by atoms with E-state index in [0.29, 0.717) is 6.42 Å². The molecule has 0 atom stereocenters. The van der Waals surface area contributed by atoms with Gasteiger partial charge < -0.3 is 15.0 Å². The van der Waals surface area contributed by atoms with E-state index in [4.69, 9.17) is 4.74 Å². The Morgan fingerprint density at radius 1 is 1.14 bits per heavy atom. The molecule has 4 nitrogen and oxygen atoms in total. The van der Waals surface area contributed by atoms with Crippen LogP contribution >= 0.6 is 0 Å². The highest BCUT2D eigenvalue weighted by atomic mass is 16.5. The molecule has 2 aromatic rings. The van der Waals surface area contributed by atoms with Crippen LogP contribution in [0, 0.1) is 19.3 Å². The molecule has 0 saturated carbocycles. The number of ether oxygens (including phenoxy) is 1. The monoisotopic (exact) mass is 394 g/mol. The van der Waals surface area contributed by atoms with E-state index in [1.54, 1.807) is 0 Å². The van der Waals surface area contributed by atoms with Crippen LogP contribution in [0.25, 0.3) is 0 Å². The third-order valence-electron chi connectivity index (χ3n) is 5.29. The first kappa shape index (κ1) is 21.2. The van der Waals surface area contributed by atoms with Crippen molar-refractivity contribution in [1.29, 1.82) is 0 Å². The lowest BCUT2D eigenvalue weighted by molar-refractivity contribution is -0.117. The van der Waals surface area contributed by atoms with Crippen molar-refractivity contribution in [2.24, 2.45) is 5.41 Å². The molecule has 29 heavy (non-hydrogen) atoms. The largest absolute Gasteiger partial charge is 0.491 e. The Balaban J connectivity index is 1.92. The van der Waals surface area contributed by atoms with Gasteiger partial charge in [-0.3, -0.25) is 4.79 Å². The Hall–Kier alpha value is -2.49. The van der Waals surface area contributed by atoms with Gasteiger partial charge in [-0.15, -0.1) is 0 Å². The summed E-state index contributed by atoms with van der Waals surface area (Å²) in [6.45, 7) is 14.2. The molecule has 0 bridgehead atoms. The van der Waals surface area contributed by atoms with Crippen LogP contribution in [-0.2, 0) is 11.2 Å². The summed E-state index contributed by atoms with van der Waals surface area (Å²) in [4.78, 5) is 14.8. The molecule has 0 aromatic heterocycles. The van der Waals surface area contributed by atoms with Gasteiger partial charge in [0.2, 0.25) is 5.91 Å². The molecule has 1 aliphatic heterocycles. The van der Waals surface area contributed by atoms with Gasteiger partial charge in [0.1, 0.15) is 5.75 Å². The number of aryl methyl sites for hydroxylation is 3. The van der Waals surface area contributed by atoms with Gasteiger partial charge in [0.05, 0.1) is 12.3 Å². The summed E-state index contributed by atoms with van der Waals surface area (Å²) in [5.74, 6) is 1.02. The van der Waals surface area contributed by atoms with Crippen molar-refractivity contribution >= 4 is 23.0 Å². The maximum atomic E-state index is 12.5. The molecule has 156 valence electrons. The molecule has 1 heterocycles. The topological polar surface area (TPSA) is 41.6 Å². The van der Waals surface area contributed by atoms with Crippen LogP contribution in [0.5, 0.6) is 5.75 Å². The summed E-state index contributed by atoms with van der Waals surface area (Å²) in [5.41, 5.74) is 6.61. The van der Waals surface area contributed by atoms with Crippen molar-refractivity contribution in [1.82, 2.24) is 0 Å². The summed E-state index contributed by atoms with van der Waals surface area (Å²) < 4.78 is 6.03. The summed E-state index contributed by atoms with van der Waals surface area (Å²) in [7, 11) is 0. The van der Waals surface area contributed by atoms with Crippen molar-refractivity contribution in [3.05, 3.63) is 47.0 Å². The van der Waals surface area contributed by atoms with Crippen LogP contribution in [0.2, 0.25) is 0 Å². The number of carbonyl (C=O) groups excluding carboxylic acids is 1. The number of nitrogens with one attached hydrogen (secondary N) is 1. The standard InChI is InChI=1S/C25H34N2O2/c1-7-19-9-10-21-22(15-19)29-12-8-11-27(21)20-13-17(2)24(18(3)14-20)26-23(28)16-25(4,5)6/h9-10,13-15H,7-8,11-12,16H2,1-6H3,(H,26,28). The van der Waals surface area contributed by atoms with Gasteiger partial charge in [0.15, 0.2) is 0 Å². The Kier molecular flexibility index (Phi) is 6.21. The highest BCUT2D eigenvalue weighted by molar-refractivity contribution is 5.93. The minimum Gasteiger partial charge on any atom is -0.491 e. The van der Waals surface area contributed by atoms with Gasteiger partial charge in [-0.2, -0.15) is 0 Å². The number of nitrogens with zero attached hydrogens (tertiary/aromatic N) is 1. The lowest BCUT2D eigenvalue weighted by Crippen LogP contribution is -2.21. The summed E-state index contributed by atoms with van der Waals surface area (Å²) in [6.07, 6.45) is 2.47. The third-order valence-corrected chi connectivity index (χ3v) is 5.29. The first-order valence-electron chi connectivity index (χ1n) is 10.6. The van der Waals surface area contributed by atoms with Gasteiger partial charge in [-0.05, 0) is 73.1 Å². The zero-order valence-electron chi connectivity index (χ0n) is 18.7. The Morgan fingerprint density at radius 2 is 1.83 bits per heavy atom. The second kappa shape index (κ2) is 8.48. The molecule has 0 saturated heterocycles. The normalized spacial score (nSPS) is 14.1. The van der Waals surface area contributed by atoms with Gasteiger partial charge in [0, 0.05) is 24.3 Å². The van der Waals surface area contributed by atoms with Gasteiger partial charge in [-0.25, -0.2) is 0 Å². The van der Waals surface area contributed by atoms with Crippen LogP contribution in [0.15, 0.2) is 30.3 Å². The molecule has 0 radical (unpaired) electrons. The van der Waals surface area contributed by atoms with Crippen molar-refractivity contribution in [3.8, 4) is 5.75 Å². The van der Waals surface area contributed by atoms with E-state index >= 15 is 0 Å². The summed E-state index contributed by atoms with van der Waals surface area (Å²) in [5, 5.41) is 3.13. The number of amides is 1. The fourth-order valence-corrected chi connectivity index (χ4v) is 3.87. The zero-order valence-corrected chi connectivity index (χ0v) is 18.7. The van der Waals surface area contributed by atoms with Crippen LogP contribution in [0.4, 0.5) is 17.1 Å². The molecule has 1 aliphatic rings. The van der Waals surface area contributed by atoms with E-state index in [9.17, 15) is 4.79 Å². The van der Waals surface area contributed by atoms with Crippen molar-refractivity contribution in [2.75, 3.05) is 23.4 Å². The zero-order chi connectivity index (χ0) is 21.2. The highest BCUT2D eigenvalue weighted by Gasteiger charge is 2.21. The number of anilines is 3. The van der Waals surface area contributed by atoms with Crippen LogP contribution in [-0.4, -0.2) is 19.1 Å². The first-order chi connectivity index (χ1) is 13.7. The maximum absolute atomic E-state index is 12.5. The average molecular weight is 395 g/mol. The minimum absolute atomic E-state index is 0.0288. The average Bonchev–Trinajstić information content (AvgIpc) is 2.84. The molecule has 4 heteroatoms. The molecule has 0 fully saturated rings. The Bertz CT molecular complexity index is 873. The van der Waals surface area contributed by atoms with E-state index in [1.807, 2.05) is 0 Å². The van der Waals surface area contributed by atoms with Gasteiger partial charge in [-0.1, -0.05) is 33.8 Å². The molecule has 0 aliphatic carbocycles. The SMILES string of the molecule is CCc1ccc2c(c1)OCCCN2c1cc(C)c(NC(=O)CC(C)(C)C)c(C)c1. The molecule has 3 rings (SSSR count). The second-order valence-electron chi connectivity index (χ2n) is 9.25. The number of hydrogen-bond acceptors (Lipinski definition) is 3. The van der Waals surface area contributed by atoms with E-state index in [0.717, 1.165) is 59.9 Å². The minimum atomic E-state index is -0.0288. The van der Waals surface area contributed by atoms with Crippen molar-refractivity contribution < 1.29 is 9.53 Å². The lowest BCUT2D eigenvalue weighted by atomic mass is 9.92. The van der Waals surface area contributed by atoms with Crippen LogP contribution in [0.3, 0.4) is 0 Å². The summed E-state index contributed by atoms with van der Waals surface area (Å²) >= 11 is 0. The third kappa shape index (κ3) is 5.11. The number of fused-ring (bicyclic) bond motifs is 1. The van der Waals surface area contributed by atoms with Crippen LogP contribution in [0.1, 0.15) is 57.2 Å². The molecule has 0 unspecified atom stereocenters. The van der Waals surface area contributed by atoms with Gasteiger partial charge >= 0.3 is 0 Å². The molecule has 1 amide bonds. The molecule has 1 N–H and O–H groups in total. The first-order valence-corrected chi connectivity index (χ1v) is 10.6. The predicted molar refractivity (Wildman–Crippen MR) is 122 cm³/mol. The van der Waals surface area contributed by atoms with E-state index < -0.39 is 0 Å². The van der Waals surface area contributed by atoms with Gasteiger partial charge in [0.25, 0.3) is 0 Å². The number of hydrogen-bond donors (Lipinski definition) is 1. The molecular formula is C25H34N2O2. The Labute approximate surface area is 175 Å². The predicted octanol–water partition coefficient (Wildman–Crippen LogP) is 6.16. The highest BCUT2D eigenvalue weighted by Crippen LogP contribution is 2.39. The van der Waals surface area contributed by atoms with E-state index in [-0.39, 0.29) is 11.3 Å². The Morgan fingerprint density at radius 3 is 2.45 bits per heavy atom. The number of rotatable bonds is 4. The summed E-state index contributed by atoms with van der Waals surface area (Å²) in [6, 6.07) is 10.9. The van der Waals surface area contributed by atoms with Crippen molar-refractivity contribution in [3.63, 3.8) is 0 Å². The smallest absolute Gasteiger partial charge is 0.224 e. The number of carbonyl (C=O) groups is 1. The van der Waals surface area contributed by atoms with Crippen LogP contribution < -0.4 is 15.0 Å². The maximum Gasteiger partial charge on any atom is 0.224 e. The molecular weight excluding hydrogens is 360 g/mol. The van der Waals surface area contributed by atoms with Crippen molar-refractivity contribution in [2.45, 2.75) is 60.8 Å². The second-order valence-corrected chi connectivity index (χ2v) is 9.25. The molecule has 0 spiro atoms. The quantitative estimate of drug-likeness (QED) is 0.675. The number of benzene rings is 2. The fourth-order valence-electron chi connectivity index (χ4n) is 3.87. The lowest BCUT2D eigenvalue weighted by Gasteiger charge is -2.26. The molecule has 2 aromatic carbocycles. The fraction of sp³-hybridized carbons (Fsp3) is 0.480. The van der Waals surface area contributed by atoms with E-state index in [1.165, 1.54) is 5.56 Å².